The van der Waals surface area contributed by atoms with Gasteiger partial charge in [-0.15, -0.1) is 0 Å². The van der Waals surface area contributed by atoms with E-state index in [-0.39, 0.29) is 0 Å². The topological polar surface area (TPSA) is 43.8 Å². The Morgan fingerprint density at radius 1 is 1.43 bits per heavy atom. The highest BCUT2D eigenvalue weighted by molar-refractivity contribution is 5.87. The molecule has 4 nitrogen and oxygen atoms in total. The van der Waals surface area contributed by atoms with Crippen LogP contribution in [0.4, 0.5) is 10.1 Å². The lowest BCUT2D eigenvalue weighted by molar-refractivity contribution is -0.131. The molecule has 114 valence electrons. The fourth-order valence-electron chi connectivity index (χ4n) is 2.60. The number of hydrogen-bond donors (Lipinski definition) is 1. The number of halogens is 1. The van der Waals surface area contributed by atoms with Crippen molar-refractivity contribution in [2.45, 2.75) is 12.8 Å². The smallest absolute Gasteiger partial charge is 0.328 e. The molecule has 0 saturated carbocycles. The second-order valence-corrected chi connectivity index (χ2v) is 5.31. The molecule has 0 spiro atoms. The normalized spacial score (nSPS) is 15.7. The molecule has 0 aliphatic carbocycles. The van der Waals surface area contributed by atoms with Crippen molar-refractivity contribution in [3.8, 4) is 0 Å². The van der Waals surface area contributed by atoms with Crippen LogP contribution in [0.5, 0.6) is 0 Å². The highest BCUT2D eigenvalue weighted by Crippen LogP contribution is 2.24. The van der Waals surface area contributed by atoms with E-state index in [0.717, 1.165) is 32.3 Å². The van der Waals surface area contributed by atoms with Crippen LogP contribution in [0.1, 0.15) is 18.4 Å². The number of carboxylic acids is 1. The first-order valence-electron chi connectivity index (χ1n) is 7.21. The van der Waals surface area contributed by atoms with Gasteiger partial charge in [-0.25, -0.2) is 9.18 Å². The van der Waals surface area contributed by atoms with E-state index in [1.54, 1.807) is 6.07 Å². The third-order valence-electron chi connectivity index (χ3n) is 3.78. The molecule has 0 aromatic heterocycles. The van der Waals surface area contributed by atoms with Gasteiger partial charge in [0, 0.05) is 37.5 Å². The molecule has 2 rings (SSSR count). The lowest BCUT2D eigenvalue weighted by Crippen LogP contribution is -2.31. The SMILES string of the molecule is CN(CCN1CCCC1)c1cccc(F)c1/C=C/C(=O)O. The zero-order valence-electron chi connectivity index (χ0n) is 12.3. The van der Waals surface area contributed by atoms with Gasteiger partial charge in [0.1, 0.15) is 5.82 Å². The summed E-state index contributed by atoms with van der Waals surface area (Å²) in [7, 11) is 1.91. The van der Waals surface area contributed by atoms with Crippen molar-refractivity contribution in [2.75, 3.05) is 38.1 Å². The van der Waals surface area contributed by atoms with Crippen LogP contribution in [0.25, 0.3) is 6.08 Å². The molecule has 1 aliphatic heterocycles. The Balaban J connectivity index is 2.09. The third-order valence-corrected chi connectivity index (χ3v) is 3.78. The minimum absolute atomic E-state index is 0.323. The maximum Gasteiger partial charge on any atom is 0.328 e. The number of aliphatic carboxylic acids is 1. The summed E-state index contributed by atoms with van der Waals surface area (Å²) in [4.78, 5) is 15.0. The quantitative estimate of drug-likeness (QED) is 0.818. The first kappa shape index (κ1) is 15.5. The number of hydrogen-bond acceptors (Lipinski definition) is 3. The molecule has 1 fully saturated rings. The molecular weight excluding hydrogens is 271 g/mol. The fourth-order valence-corrected chi connectivity index (χ4v) is 2.60. The summed E-state index contributed by atoms with van der Waals surface area (Å²) in [6.45, 7) is 3.98. The fraction of sp³-hybridized carbons (Fsp3) is 0.438. The van der Waals surface area contributed by atoms with Crippen LogP contribution in [0.2, 0.25) is 0 Å². The van der Waals surface area contributed by atoms with Gasteiger partial charge in [0.25, 0.3) is 0 Å². The van der Waals surface area contributed by atoms with E-state index in [1.165, 1.54) is 25.0 Å². The van der Waals surface area contributed by atoms with Gasteiger partial charge in [-0.3, -0.25) is 0 Å². The first-order chi connectivity index (χ1) is 10.1. The predicted octanol–water partition coefficient (Wildman–Crippen LogP) is 2.46. The van der Waals surface area contributed by atoms with Crippen molar-refractivity contribution in [3.05, 3.63) is 35.7 Å². The Hall–Kier alpha value is -1.88. The molecule has 1 aromatic carbocycles. The van der Waals surface area contributed by atoms with Crippen molar-refractivity contribution in [2.24, 2.45) is 0 Å². The van der Waals surface area contributed by atoms with Crippen LogP contribution in [-0.2, 0) is 4.79 Å². The highest BCUT2D eigenvalue weighted by atomic mass is 19.1. The molecule has 0 bridgehead atoms. The summed E-state index contributed by atoms with van der Waals surface area (Å²) >= 11 is 0. The monoisotopic (exact) mass is 292 g/mol. The summed E-state index contributed by atoms with van der Waals surface area (Å²) in [5, 5.41) is 8.71. The summed E-state index contributed by atoms with van der Waals surface area (Å²) in [5.41, 5.74) is 1.04. The number of carbonyl (C=O) groups is 1. The van der Waals surface area contributed by atoms with Crippen molar-refractivity contribution in [1.29, 1.82) is 0 Å². The van der Waals surface area contributed by atoms with E-state index in [1.807, 2.05) is 18.0 Å². The molecular formula is C16H21FN2O2. The largest absolute Gasteiger partial charge is 0.478 e. The van der Waals surface area contributed by atoms with Gasteiger partial charge in [-0.05, 0) is 44.1 Å². The summed E-state index contributed by atoms with van der Waals surface area (Å²) in [6.07, 6.45) is 4.78. The number of nitrogens with zero attached hydrogens (tertiary/aromatic N) is 2. The van der Waals surface area contributed by atoms with Gasteiger partial charge in [0.2, 0.25) is 0 Å². The first-order valence-corrected chi connectivity index (χ1v) is 7.21. The van der Waals surface area contributed by atoms with Crippen LogP contribution in [0.3, 0.4) is 0 Å². The Kier molecular flexibility index (Phi) is 5.33. The Morgan fingerprint density at radius 2 is 2.14 bits per heavy atom. The maximum atomic E-state index is 13.9. The molecule has 1 heterocycles. The minimum Gasteiger partial charge on any atom is -0.478 e. The van der Waals surface area contributed by atoms with E-state index < -0.39 is 11.8 Å². The summed E-state index contributed by atoms with van der Waals surface area (Å²) < 4.78 is 13.9. The van der Waals surface area contributed by atoms with Crippen molar-refractivity contribution < 1.29 is 14.3 Å². The van der Waals surface area contributed by atoms with Crippen LogP contribution < -0.4 is 4.90 Å². The lowest BCUT2D eigenvalue weighted by Gasteiger charge is -2.24. The molecule has 5 heteroatoms. The van der Waals surface area contributed by atoms with E-state index >= 15 is 0 Å². The summed E-state index contributed by atoms with van der Waals surface area (Å²) in [6, 6.07) is 4.81. The number of anilines is 1. The summed E-state index contributed by atoms with van der Waals surface area (Å²) in [5.74, 6) is -1.48. The Morgan fingerprint density at radius 3 is 2.81 bits per heavy atom. The van der Waals surface area contributed by atoms with Crippen molar-refractivity contribution in [3.63, 3.8) is 0 Å². The van der Waals surface area contributed by atoms with E-state index in [4.69, 9.17) is 5.11 Å². The molecule has 0 unspecified atom stereocenters. The van der Waals surface area contributed by atoms with Gasteiger partial charge in [-0.1, -0.05) is 6.07 Å². The lowest BCUT2D eigenvalue weighted by atomic mass is 10.1. The zero-order chi connectivity index (χ0) is 15.2. The average molecular weight is 292 g/mol. The molecule has 0 amide bonds. The molecule has 1 aliphatic rings. The second kappa shape index (κ2) is 7.22. The van der Waals surface area contributed by atoms with Crippen molar-refractivity contribution >= 4 is 17.7 Å². The molecule has 1 aromatic rings. The van der Waals surface area contributed by atoms with Gasteiger partial charge < -0.3 is 14.9 Å². The average Bonchev–Trinajstić information content (AvgIpc) is 2.96. The van der Waals surface area contributed by atoms with Gasteiger partial charge in [0.15, 0.2) is 0 Å². The molecule has 1 saturated heterocycles. The number of likely N-dealkylation sites (tertiary alicyclic amines) is 1. The van der Waals surface area contributed by atoms with Gasteiger partial charge in [0.05, 0.1) is 0 Å². The van der Waals surface area contributed by atoms with E-state index in [2.05, 4.69) is 4.90 Å². The van der Waals surface area contributed by atoms with Crippen LogP contribution in [0.15, 0.2) is 24.3 Å². The Labute approximate surface area is 124 Å². The molecule has 21 heavy (non-hydrogen) atoms. The Bertz CT molecular complexity index is 525. The standard InChI is InChI=1S/C16H21FN2O2/c1-18(11-12-19-9-2-3-10-19)15-6-4-5-14(17)13(15)7-8-16(20)21/h4-8H,2-3,9-12H2,1H3,(H,20,21)/b8-7+. The molecule has 1 N–H and O–H groups in total. The number of likely N-dealkylation sites (N-methyl/N-ethyl adjacent to an activating group) is 1. The number of benzene rings is 1. The zero-order valence-corrected chi connectivity index (χ0v) is 12.3. The molecule has 0 radical (unpaired) electrons. The van der Waals surface area contributed by atoms with Crippen LogP contribution >= 0.6 is 0 Å². The third kappa shape index (κ3) is 4.29. The predicted molar refractivity (Wildman–Crippen MR) is 82.0 cm³/mol. The van der Waals surface area contributed by atoms with E-state index in [0.29, 0.717) is 11.3 Å². The van der Waals surface area contributed by atoms with Gasteiger partial charge in [-0.2, -0.15) is 0 Å². The second-order valence-electron chi connectivity index (χ2n) is 5.31. The maximum absolute atomic E-state index is 13.9. The van der Waals surface area contributed by atoms with Crippen molar-refractivity contribution in [1.82, 2.24) is 4.90 Å². The minimum atomic E-state index is -1.08. The van der Waals surface area contributed by atoms with Crippen LogP contribution in [0, 0.1) is 5.82 Å². The number of carboxylic acid groups (broad SMARTS) is 1. The van der Waals surface area contributed by atoms with E-state index in [9.17, 15) is 9.18 Å². The highest BCUT2D eigenvalue weighted by Gasteiger charge is 2.14. The molecule has 0 atom stereocenters. The van der Waals surface area contributed by atoms with Gasteiger partial charge >= 0.3 is 5.97 Å². The van der Waals surface area contributed by atoms with Crippen LogP contribution in [-0.4, -0.2) is 49.2 Å². The number of rotatable bonds is 6.